The minimum atomic E-state index is -0.462. The van der Waals surface area contributed by atoms with Gasteiger partial charge in [0.1, 0.15) is 0 Å². The molecule has 0 saturated carbocycles. The van der Waals surface area contributed by atoms with Crippen molar-refractivity contribution >= 4 is 0 Å². The van der Waals surface area contributed by atoms with Gasteiger partial charge >= 0.3 is 0 Å². The summed E-state index contributed by atoms with van der Waals surface area (Å²) in [7, 11) is 1.41. The van der Waals surface area contributed by atoms with Gasteiger partial charge in [-0.05, 0) is 30.3 Å². The van der Waals surface area contributed by atoms with Gasteiger partial charge in [0, 0.05) is 12.5 Å². The molecule has 1 aromatic heterocycles. The molecule has 0 amide bonds. The van der Waals surface area contributed by atoms with Crippen molar-refractivity contribution in [3.05, 3.63) is 29.8 Å². The second kappa shape index (κ2) is 5.54. The van der Waals surface area contributed by atoms with E-state index < -0.39 is 5.82 Å². The van der Waals surface area contributed by atoms with Crippen LogP contribution in [0.3, 0.4) is 0 Å². The lowest BCUT2D eigenvalue weighted by Gasteiger charge is -2.03. The third-order valence-corrected chi connectivity index (χ3v) is 2.43. The molecule has 2 aromatic rings. The van der Waals surface area contributed by atoms with Gasteiger partial charge in [-0.25, -0.2) is 4.39 Å². The number of aromatic nitrogens is 4. The Morgan fingerprint density at radius 1 is 1.44 bits per heavy atom. The van der Waals surface area contributed by atoms with Gasteiger partial charge in [-0.15, -0.1) is 15.0 Å². The maximum absolute atomic E-state index is 13.5. The van der Waals surface area contributed by atoms with Gasteiger partial charge in [0.05, 0.1) is 12.8 Å². The third kappa shape index (κ3) is 2.62. The SMILES string of the molecule is COc1ccc(-n2nnc(CCCN)n2)cc1F. The van der Waals surface area contributed by atoms with Crippen molar-refractivity contribution in [1.82, 2.24) is 20.2 Å². The summed E-state index contributed by atoms with van der Waals surface area (Å²) in [5, 5.41) is 11.9. The van der Waals surface area contributed by atoms with Crippen molar-refractivity contribution < 1.29 is 9.13 Å². The number of ether oxygens (including phenoxy) is 1. The highest BCUT2D eigenvalue weighted by atomic mass is 19.1. The van der Waals surface area contributed by atoms with Gasteiger partial charge in [-0.1, -0.05) is 0 Å². The van der Waals surface area contributed by atoms with Crippen molar-refractivity contribution in [2.45, 2.75) is 12.8 Å². The first-order valence-electron chi connectivity index (χ1n) is 5.57. The maximum Gasteiger partial charge on any atom is 0.175 e. The van der Waals surface area contributed by atoms with Gasteiger partial charge in [0.25, 0.3) is 0 Å². The lowest BCUT2D eigenvalue weighted by molar-refractivity contribution is 0.386. The molecular formula is C11H14FN5O. The smallest absolute Gasteiger partial charge is 0.175 e. The summed E-state index contributed by atoms with van der Waals surface area (Å²) < 4.78 is 18.4. The Hall–Kier alpha value is -2.02. The van der Waals surface area contributed by atoms with E-state index in [-0.39, 0.29) is 5.75 Å². The highest BCUT2D eigenvalue weighted by molar-refractivity contribution is 5.37. The molecular weight excluding hydrogens is 237 g/mol. The van der Waals surface area contributed by atoms with Gasteiger partial charge in [-0.2, -0.15) is 0 Å². The third-order valence-electron chi connectivity index (χ3n) is 2.43. The van der Waals surface area contributed by atoms with Crippen molar-refractivity contribution in [1.29, 1.82) is 0 Å². The number of aryl methyl sites for hydroxylation is 1. The fourth-order valence-corrected chi connectivity index (χ4v) is 1.49. The zero-order valence-electron chi connectivity index (χ0n) is 10.0. The van der Waals surface area contributed by atoms with Crippen molar-refractivity contribution in [3.8, 4) is 11.4 Å². The lowest BCUT2D eigenvalue weighted by Crippen LogP contribution is -2.03. The van der Waals surface area contributed by atoms with Gasteiger partial charge in [0.15, 0.2) is 17.4 Å². The Balaban J connectivity index is 2.20. The van der Waals surface area contributed by atoms with Crippen LogP contribution in [0.25, 0.3) is 5.69 Å². The number of hydrogen-bond donors (Lipinski definition) is 1. The van der Waals surface area contributed by atoms with Crippen LogP contribution in [-0.4, -0.2) is 33.9 Å². The van der Waals surface area contributed by atoms with E-state index in [1.165, 1.54) is 24.0 Å². The molecule has 7 heteroatoms. The molecule has 96 valence electrons. The largest absolute Gasteiger partial charge is 0.494 e. The normalized spacial score (nSPS) is 10.6. The van der Waals surface area contributed by atoms with Gasteiger partial charge in [-0.3, -0.25) is 0 Å². The second-order valence-corrected chi connectivity index (χ2v) is 3.71. The number of benzene rings is 1. The Kier molecular flexibility index (Phi) is 3.83. The molecule has 2 N–H and O–H groups in total. The minimum absolute atomic E-state index is 0.183. The van der Waals surface area contributed by atoms with E-state index in [1.54, 1.807) is 6.07 Å². The number of rotatable bonds is 5. The zero-order chi connectivity index (χ0) is 13.0. The number of halogens is 1. The molecule has 2 rings (SSSR count). The molecule has 1 heterocycles. The van der Waals surface area contributed by atoms with E-state index in [9.17, 15) is 4.39 Å². The summed E-state index contributed by atoms with van der Waals surface area (Å²) in [6.07, 6.45) is 1.46. The molecule has 0 aliphatic rings. The molecule has 0 fully saturated rings. The minimum Gasteiger partial charge on any atom is -0.494 e. The van der Waals surface area contributed by atoms with E-state index in [0.717, 1.165) is 6.42 Å². The highest BCUT2D eigenvalue weighted by Crippen LogP contribution is 2.19. The Bertz CT molecular complexity index is 528. The molecule has 18 heavy (non-hydrogen) atoms. The van der Waals surface area contributed by atoms with Crippen LogP contribution in [0.5, 0.6) is 5.75 Å². The number of nitrogens with two attached hydrogens (primary N) is 1. The van der Waals surface area contributed by atoms with Crippen LogP contribution in [0, 0.1) is 5.82 Å². The molecule has 0 aliphatic heterocycles. The molecule has 0 spiro atoms. The van der Waals surface area contributed by atoms with Crippen LogP contribution >= 0.6 is 0 Å². The average Bonchev–Trinajstić information content (AvgIpc) is 2.85. The molecule has 0 saturated heterocycles. The highest BCUT2D eigenvalue weighted by Gasteiger charge is 2.08. The molecule has 0 unspecified atom stereocenters. The van der Waals surface area contributed by atoms with Crippen LogP contribution < -0.4 is 10.5 Å². The van der Waals surface area contributed by atoms with Gasteiger partial charge in [0.2, 0.25) is 0 Å². The summed E-state index contributed by atoms with van der Waals surface area (Å²) in [6.45, 7) is 0.575. The topological polar surface area (TPSA) is 78.8 Å². The van der Waals surface area contributed by atoms with Crippen LogP contribution in [-0.2, 0) is 6.42 Å². The summed E-state index contributed by atoms with van der Waals surface area (Å²) in [4.78, 5) is 1.29. The van der Waals surface area contributed by atoms with E-state index >= 15 is 0 Å². The number of nitrogens with zero attached hydrogens (tertiary/aromatic N) is 4. The predicted octanol–water partition coefficient (Wildman–Crippen LogP) is 0.701. The van der Waals surface area contributed by atoms with Crippen molar-refractivity contribution in [2.24, 2.45) is 5.73 Å². The maximum atomic E-state index is 13.5. The molecule has 1 aromatic carbocycles. The van der Waals surface area contributed by atoms with E-state index in [4.69, 9.17) is 10.5 Å². The average molecular weight is 251 g/mol. The molecule has 6 nitrogen and oxygen atoms in total. The van der Waals surface area contributed by atoms with Crippen LogP contribution in [0.15, 0.2) is 18.2 Å². The fourth-order valence-electron chi connectivity index (χ4n) is 1.49. The number of tetrazole rings is 1. The zero-order valence-corrected chi connectivity index (χ0v) is 10.0. The summed E-state index contributed by atoms with van der Waals surface area (Å²) in [5.41, 5.74) is 5.90. The summed E-state index contributed by atoms with van der Waals surface area (Å²) in [6, 6.07) is 4.48. The first-order chi connectivity index (χ1) is 8.74. The first kappa shape index (κ1) is 12.4. The summed E-state index contributed by atoms with van der Waals surface area (Å²) >= 11 is 0. The predicted molar refractivity (Wildman–Crippen MR) is 63.0 cm³/mol. The quantitative estimate of drug-likeness (QED) is 0.846. The Morgan fingerprint density at radius 3 is 2.94 bits per heavy atom. The Labute approximate surface area is 104 Å². The van der Waals surface area contributed by atoms with Crippen LogP contribution in [0.1, 0.15) is 12.2 Å². The van der Waals surface area contributed by atoms with E-state index in [2.05, 4.69) is 15.4 Å². The van der Waals surface area contributed by atoms with Gasteiger partial charge < -0.3 is 10.5 Å². The second-order valence-electron chi connectivity index (χ2n) is 3.71. The lowest BCUT2D eigenvalue weighted by atomic mass is 10.3. The number of methoxy groups -OCH3 is 1. The molecule has 0 radical (unpaired) electrons. The fraction of sp³-hybridized carbons (Fsp3) is 0.364. The number of hydrogen-bond acceptors (Lipinski definition) is 5. The Morgan fingerprint density at radius 2 is 2.28 bits per heavy atom. The van der Waals surface area contributed by atoms with Crippen LogP contribution in [0.2, 0.25) is 0 Å². The summed E-state index contributed by atoms with van der Waals surface area (Å²) in [5.74, 6) is 0.315. The van der Waals surface area contributed by atoms with Crippen molar-refractivity contribution in [2.75, 3.05) is 13.7 Å². The monoisotopic (exact) mass is 251 g/mol. The molecule has 0 bridgehead atoms. The molecule has 0 atom stereocenters. The van der Waals surface area contributed by atoms with Crippen molar-refractivity contribution in [3.63, 3.8) is 0 Å². The standard InChI is InChI=1S/C11H14FN5O/c1-18-10-5-4-8(7-9(10)12)17-15-11(14-16-17)3-2-6-13/h4-5,7H,2-3,6,13H2,1H3. The first-order valence-corrected chi connectivity index (χ1v) is 5.57. The van der Waals surface area contributed by atoms with Crippen LogP contribution in [0.4, 0.5) is 4.39 Å². The van der Waals surface area contributed by atoms with E-state index in [1.807, 2.05) is 0 Å². The van der Waals surface area contributed by atoms with E-state index in [0.29, 0.717) is 24.5 Å². The molecule has 0 aliphatic carbocycles.